The topological polar surface area (TPSA) is 29.1 Å². The predicted molar refractivity (Wildman–Crippen MR) is 106 cm³/mol. The lowest BCUT2D eigenvalue weighted by atomic mass is 10.1. The second-order valence-electron chi connectivity index (χ2n) is 7.63. The summed E-state index contributed by atoms with van der Waals surface area (Å²) in [7, 11) is -2.48. The van der Waals surface area contributed by atoms with Crippen LogP contribution in [0.3, 0.4) is 0 Å². The molecule has 0 heterocycles. The maximum absolute atomic E-state index is 12.4. The lowest BCUT2D eigenvalue weighted by molar-refractivity contribution is 0.623. The van der Waals surface area contributed by atoms with Crippen molar-refractivity contribution in [2.75, 3.05) is 0 Å². The molecule has 1 aromatic carbocycles. The normalized spacial score (nSPS) is 15.0. The van der Waals surface area contributed by atoms with E-state index in [4.69, 9.17) is 0 Å². The van der Waals surface area contributed by atoms with E-state index in [1.165, 1.54) is 0 Å². The number of rotatable bonds is 5. The summed E-state index contributed by atoms with van der Waals surface area (Å²) >= 11 is 0. The number of hydrogen-bond donors (Lipinski definition) is 1. The van der Waals surface area contributed by atoms with Gasteiger partial charge in [-0.05, 0) is 26.3 Å². The van der Waals surface area contributed by atoms with Crippen molar-refractivity contribution < 1.29 is 4.21 Å². The molecule has 1 aromatic rings. The van der Waals surface area contributed by atoms with Crippen molar-refractivity contribution in [1.29, 1.82) is 0 Å². The lowest BCUT2D eigenvalue weighted by Gasteiger charge is -2.21. The first kappa shape index (κ1) is 19.9. The molecule has 2 atom stereocenters. The minimum Gasteiger partial charge on any atom is -0.242 e. The van der Waals surface area contributed by atoms with Crippen LogP contribution in [0.1, 0.15) is 32.8 Å². The average molecular weight is 348 g/mol. The molecule has 0 aliphatic heterocycles. The molecule has 1 N–H and O–H groups in total. The van der Waals surface area contributed by atoms with Crippen LogP contribution >= 0.6 is 0 Å². The summed E-state index contributed by atoms with van der Waals surface area (Å²) in [6.45, 7) is 12.6. The van der Waals surface area contributed by atoms with E-state index < -0.39 is 19.1 Å². The van der Waals surface area contributed by atoms with Crippen LogP contribution < -0.4 is 4.72 Å². The molecule has 2 nitrogen and oxygen atoms in total. The molecule has 126 valence electrons. The highest BCUT2D eigenvalue weighted by Crippen LogP contribution is 2.11. The van der Waals surface area contributed by atoms with Gasteiger partial charge in [0.2, 0.25) is 0 Å². The summed E-state index contributed by atoms with van der Waals surface area (Å²) in [5.41, 5.74) is 4.52. The second-order valence-corrected chi connectivity index (χ2v) is 14.4. The average Bonchev–Trinajstić information content (AvgIpc) is 2.43. The Hall–Kier alpha value is -1.15. The standard InChI is InChI=1S/C19H29NOSSi/c1-19(2,3)22(21)20-18(13-10-16-23(4,5)6)15-14-17-11-8-7-9-12-17/h7-9,11-12,14-15,18,20H,13H2,1-6H3/b15-14+/t18-,22-/m1/s1. The Morgan fingerprint density at radius 3 is 2.35 bits per heavy atom. The predicted octanol–water partition coefficient (Wildman–Crippen LogP) is 4.39. The molecule has 0 fully saturated rings. The number of benzene rings is 1. The Morgan fingerprint density at radius 1 is 1.22 bits per heavy atom. The molecule has 0 unspecified atom stereocenters. The van der Waals surface area contributed by atoms with E-state index in [0.29, 0.717) is 6.42 Å². The fraction of sp³-hybridized carbons (Fsp3) is 0.474. The molecule has 23 heavy (non-hydrogen) atoms. The van der Waals surface area contributed by atoms with Crippen molar-refractivity contribution in [3.63, 3.8) is 0 Å². The van der Waals surface area contributed by atoms with E-state index in [9.17, 15) is 4.21 Å². The first-order valence-corrected chi connectivity index (χ1v) is 12.6. The largest absolute Gasteiger partial charge is 0.242 e. The molecule has 0 amide bonds. The highest BCUT2D eigenvalue weighted by molar-refractivity contribution is 7.84. The van der Waals surface area contributed by atoms with Crippen molar-refractivity contribution in [3.8, 4) is 11.5 Å². The maximum Gasteiger partial charge on any atom is 0.129 e. The van der Waals surface area contributed by atoms with Crippen LogP contribution in [-0.2, 0) is 11.0 Å². The number of nitrogens with one attached hydrogen (secondary N) is 1. The Balaban J connectivity index is 2.85. The lowest BCUT2D eigenvalue weighted by Crippen LogP contribution is -2.38. The van der Waals surface area contributed by atoms with E-state index in [1.54, 1.807) is 0 Å². The molecule has 0 spiro atoms. The van der Waals surface area contributed by atoms with Gasteiger partial charge in [-0.2, -0.15) is 0 Å². The Labute approximate surface area is 145 Å². The Bertz CT molecular complexity index is 600. The van der Waals surface area contributed by atoms with Crippen LogP contribution in [0.25, 0.3) is 6.08 Å². The van der Waals surface area contributed by atoms with E-state index in [2.05, 4.69) is 60.1 Å². The van der Waals surface area contributed by atoms with E-state index in [0.717, 1.165) is 5.56 Å². The molecule has 0 aliphatic carbocycles. The monoisotopic (exact) mass is 347 g/mol. The van der Waals surface area contributed by atoms with E-state index >= 15 is 0 Å². The molecule has 0 radical (unpaired) electrons. The van der Waals surface area contributed by atoms with Gasteiger partial charge in [0.15, 0.2) is 0 Å². The highest BCUT2D eigenvalue weighted by atomic mass is 32.2. The zero-order chi connectivity index (χ0) is 17.5. The minimum absolute atomic E-state index is 0.0147. The van der Waals surface area contributed by atoms with Gasteiger partial charge in [0.1, 0.15) is 8.07 Å². The summed E-state index contributed by atoms with van der Waals surface area (Å²) < 4.78 is 15.3. The van der Waals surface area contributed by atoms with Crippen LogP contribution in [0.4, 0.5) is 0 Å². The quantitative estimate of drug-likeness (QED) is 0.621. The van der Waals surface area contributed by atoms with Gasteiger partial charge in [0.25, 0.3) is 0 Å². The van der Waals surface area contributed by atoms with E-state index in [-0.39, 0.29) is 10.8 Å². The third-order valence-electron chi connectivity index (χ3n) is 2.92. The molecule has 1 rings (SSSR count). The van der Waals surface area contributed by atoms with Gasteiger partial charge in [-0.1, -0.05) is 62.1 Å². The fourth-order valence-electron chi connectivity index (χ4n) is 1.68. The molecule has 0 aliphatic rings. The Kier molecular flexibility index (Phi) is 7.46. The van der Waals surface area contributed by atoms with Crippen LogP contribution in [0.2, 0.25) is 19.6 Å². The summed E-state index contributed by atoms with van der Waals surface area (Å²) in [5, 5.41) is 0. The van der Waals surface area contributed by atoms with Crippen molar-refractivity contribution in [1.82, 2.24) is 4.72 Å². The van der Waals surface area contributed by atoms with Crippen LogP contribution in [0, 0.1) is 11.5 Å². The highest BCUT2D eigenvalue weighted by Gasteiger charge is 2.21. The Morgan fingerprint density at radius 2 is 1.83 bits per heavy atom. The smallest absolute Gasteiger partial charge is 0.129 e. The summed E-state index contributed by atoms with van der Waals surface area (Å²) in [6, 6.07) is 10.1. The molecule has 0 bridgehead atoms. The van der Waals surface area contributed by atoms with E-state index in [1.807, 2.05) is 39.0 Å². The van der Waals surface area contributed by atoms with Crippen LogP contribution in [-0.4, -0.2) is 23.1 Å². The molecule has 0 saturated carbocycles. The maximum atomic E-state index is 12.4. The zero-order valence-corrected chi connectivity index (χ0v) is 17.0. The fourth-order valence-corrected chi connectivity index (χ4v) is 3.10. The van der Waals surface area contributed by atoms with Crippen molar-refractivity contribution in [3.05, 3.63) is 42.0 Å². The third kappa shape index (κ3) is 8.90. The molecule has 0 aromatic heterocycles. The van der Waals surface area contributed by atoms with Gasteiger partial charge in [0.05, 0.1) is 15.7 Å². The zero-order valence-electron chi connectivity index (χ0n) is 15.1. The molecular weight excluding hydrogens is 318 g/mol. The van der Waals surface area contributed by atoms with Gasteiger partial charge in [-0.15, -0.1) is 11.5 Å². The first-order valence-electron chi connectivity index (χ1n) is 7.99. The molecule has 0 saturated heterocycles. The summed E-state index contributed by atoms with van der Waals surface area (Å²) in [5.74, 6) is 3.28. The SMILES string of the molecule is CC(C)(C)[S@@](=O)N[C@@H](/C=C/c1ccccc1)CC#C[Si](C)(C)C. The van der Waals surface area contributed by atoms with Crippen LogP contribution in [0.15, 0.2) is 36.4 Å². The summed E-state index contributed by atoms with van der Waals surface area (Å²) in [4.78, 5) is 0. The third-order valence-corrected chi connectivity index (χ3v) is 5.48. The molecular formula is C19H29NOSSi. The second kappa shape index (κ2) is 8.63. The van der Waals surface area contributed by atoms with Gasteiger partial charge in [0, 0.05) is 12.5 Å². The van der Waals surface area contributed by atoms with Crippen molar-refractivity contribution in [2.45, 2.75) is 57.6 Å². The number of hydrogen-bond acceptors (Lipinski definition) is 1. The van der Waals surface area contributed by atoms with Gasteiger partial charge < -0.3 is 0 Å². The van der Waals surface area contributed by atoms with Crippen molar-refractivity contribution >= 4 is 25.1 Å². The van der Waals surface area contributed by atoms with Gasteiger partial charge in [-0.25, -0.2) is 8.93 Å². The van der Waals surface area contributed by atoms with Crippen molar-refractivity contribution in [2.24, 2.45) is 0 Å². The first-order chi connectivity index (χ1) is 10.6. The van der Waals surface area contributed by atoms with Crippen LogP contribution in [0.5, 0.6) is 0 Å². The minimum atomic E-state index is -1.38. The molecule has 4 heteroatoms. The summed E-state index contributed by atoms with van der Waals surface area (Å²) in [6.07, 6.45) is 4.81. The van der Waals surface area contributed by atoms with Gasteiger partial charge in [-0.3, -0.25) is 0 Å². The van der Waals surface area contributed by atoms with Gasteiger partial charge >= 0.3 is 0 Å².